The Labute approximate surface area is 98.4 Å². The Bertz CT molecular complexity index is 494. The topological polar surface area (TPSA) is 64.4 Å². The molecular weight excluding hydrogens is 220 g/mol. The molecule has 2 aromatic rings. The first-order valence-electron chi connectivity index (χ1n) is 5.11. The molecule has 0 aliphatic carbocycles. The molecule has 88 valence electrons. The van der Waals surface area contributed by atoms with Gasteiger partial charge >= 0.3 is 5.97 Å². The SMILES string of the molecule is COC(=O)c1cccnc1NCc1ccco1. The largest absolute Gasteiger partial charge is 0.467 e. The first-order chi connectivity index (χ1) is 8.31. The molecule has 0 aliphatic heterocycles. The van der Waals surface area contributed by atoms with E-state index in [0.29, 0.717) is 17.9 Å². The summed E-state index contributed by atoms with van der Waals surface area (Å²) in [6, 6.07) is 6.98. The number of furan rings is 1. The predicted molar refractivity (Wildman–Crippen MR) is 61.6 cm³/mol. The summed E-state index contributed by atoms with van der Waals surface area (Å²) in [4.78, 5) is 15.6. The molecule has 0 bridgehead atoms. The molecule has 5 heteroatoms. The Balaban J connectivity index is 2.12. The van der Waals surface area contributed by atoms with E-state index >= 15 is 0 Å². The van der Waals surface area contributed by atoms with Gasteiger partial charge in [0.15, 0.2) is 0 Å². The lowest BCUT2D eigenvalue weighted by atomic mass is 10.2. The molecular formula is C12H12N2O3. The van der Waals surface area contributed by atoms with E-state index < -0.39 is 5.97 Å². The molecule has 0 aliphatic rings. The molecule has 2 rings (SSSR count). The van der Waals surface area contributed by atoms with Gasteiger partial charge in [0.1, 0.15) is 17.1 Å². The predicted octanol–water partition coefficient (Wildman–Crippen LogP) is 2.07. The van der Waals surface area contributed by atoms with Crippen molar-refractivity contribution in [2.45, 2.75) is 6.54 Å². The van der Waals surface area contributed by atoms with Gasteiger partial charge in [0, 0.05) is 6.20 Å². The Morgan fingerprint density at radius 2 is 2.35 bits per heavy atom. The lowest BCUT2D eigenvalue weighted by Gasteiger charge is -2.07. The average Bonchev–Trinajstić information content (AvgIpc) is 2.89. The van der Waals surface area contributed by atoms with Crippen LogP contribution < -0.4 is 5.32 Å². The first-order valence-corrected chi connectivity index (χ1v) is 5.11. The van der Waals surface area contributed by atoms with E-state index in [9.17, 15) is 4.79 Å². The van der Waals surface area contributed by atoms with Crippen molar-refractivity contribution < 1.29 is 13.9 Å². The Kier molecular flexibility index (Phi) is 3.40. The van der Waals surface area contributed by atoms with Gasteiger partial charge in [-0.2, -0.15) is 0 Å². The summed E-state index contributed by atoms with van der Waals surface area (Å²) in [5.74, 6) is 0.835. The number of esters is 1. The third kappa shape index (κ3) is 2.63. The maximum absolute atomic E-state index is 11.5. The summed E-state index contributed by atoms with van der Waals surface area (Å²) in [6.07, 6.45) is 3.20. The van der Waals surface area contributed by atoms with Gasteiger partial charge < -0.3 is 14.5 Å². The van der Waals surface area contributed by atoms with E-state index in [2.05, 4.69) is 15.0 Å². The van der Waals surface area contributed by atoms with Crippen molar-refractivity contribution >= 4 is 11.8 Å². The van der Waals surface area contributed by atoms with E-state index in [1.807, 2.05) is 6.07 Å². The number of ether oxygens (including phenoxy) is 1. The zero-order chi connectivity index (χ0) is 12.1. The number of methoxy groups -OCH3 is 1. The molecule has 17 heavy (non-hydrogen) atoms. The summed E-state index contributed by atoms with van der Waals surface area (Å²) in [5, 5.41) is 3.03. The molecule has 0 spiro atoms. The Hall–Kier alpha value is -2.30. The number of anilines is 1. The van der Waals surface area contributed by atoms with Crippen LogP contribution in [0.2, 0.25) is 0 Å². The second kappa shape index (κ2) is 5.16. The van der Waals surface area contributed by atoms with Gasteiger partial charge in [0.05, 0.1) is 19.9 Å². The number of hydrogen-bond acceptors (Lipinski definition) is 5. The molecule has 0 atom stereocenters. The maximum atomic E-state index is 11.5. The minimum absolute atomic E-state index is 0.404. The lowest BCUT2D eigenvalue weighted by molar-refractivity contribution is 0.0601. The molecule has 5 nitrogen and oxygen atoms in total. The average molecular weight is 232 g/mol. The van der Waals surface area contributed by atoms with Gasteiger partial charge in [-0.05, 0) is 24.3 Å². The van der Waals surface area contributed by atoms with Crippen LogP contribution in [0.1, 0.15) is 16.1 Å². The molecule has 0 fully saturated rings. The van der Waals surface area contributed by atoms with Crippen molar-refractivity contribution in [3.63, 3.8) is 0 Å². The monoisotopic (exact) mass is 232 g/mol. The summed E-state index contributed by atoms with van der Waals surface area (Å²) in [5.41, 5.74) is 0.404. The van der Waals surface area contributed by atoms with Gasteiger partial charge in [0.25, 0.3) is 0 Å². The van der Waals surface area contributed by atoms with Crippen LogP contribution in [0.25, 0.3) is 0 Å². The first kappa shape index (κ1) is 11.2. The number of nitrogens with one attached hydrogen (secondary N) is 1. The van der Waals surface area contributed by atoms with Crippen LogP contribution in [0.5, 0.6) is 0 Å². The fourth-order valence-electron chi connectivity index (χ4n) is 1.40. The number of rotatable bonds is 4. The zero-order valence-electron chi connectivity index (χ0n) is 9.34. The quantitative estimate of drug-likeness (QED) is 0.817. The van der Waals surface area contributed by atoms with Crippen molar-refractivity contribution in [1.29, 1.82) is 0 Å². The number of carbonyl (C=O) groups is 1. The van der Waals surface area contributed by atoms with Crippen LogP contribution in [0, 0.1) is 0 Å². The molecule has 1 N–H and O–H groups in total. The summed E-state index contributed by atoms with van der Waals surface area (Å²) < 4.78 is 9.85. The van der Waals surface area contributed by atoms with Gasteiger partial charge in [-0.3, -0.25) is 0 Å². The van der Waals surface area contributed by atoms with Gasteiger partial charge in [-0.15, -0.1) is 0 Å². The zero-order valence-corrected chi connectivity index (χ0v) is 9.34. The van der Waals surface area contributed by atoms with Gasteiger partial charge in [-0.25, -0.2) is 9.78 Å². The molecule has 0 saturated carbocycles. The number of nitrogens with zero attached hydrogens (tertiary/aromatic N) is 1. The van der Waals surface area contributed by atoms with Crippen LogP contribution >= 0.6 is 0 Å². The van der Waals surface area contributed by atoms with E-state index in [-0.39, 0.29) is 0 Å². The van der Waals surface area contributed by atoms with E-state index in [1.165, 1.54) is 7.11 Å². The van der Waals surface area contributed by atoms with Crippen LogP contribution in [-0.4, -0.2) is 18.1 Å². The second-order valence-electron chi connectivity index (χ2n) is 3.32. The fraction of sp³-hybridized carbons (Fsp3) is 0.167. The molecule has 2 aromatic heterocycles. The third-order valence-electron chi connectivity index (χ3n) is 2.22. The van der Waals surface area contributed by atoms with Crippen molar-refractivity contribution in [1.82, 2.24) is 4.98 Å². The summed E-state index contributed by atoms with van der Waals surface area (Å²) in [6.45, 7) is 0.466. The number of hydrogen-bond donors (Lipinski definition) is 1. The number of carbonyl (C=O) groups excluding carboxylic acids is 1. The van der Waals surface area contributed by atoms with Crippen LogP contribution in [0.4, 0.5) is 5.82 Å². The fourth-order valence-corrected chi connectivity index (χ4v) is 1.40. The minimum atomic E-state index is -0.417. The van der Waals surface area contributed by atoms with Gasteiger partial charge in [0.2, 0.25) is 0 Å². The van der Waals surface area contributed by atoms with Crippen LogP contribution in [0.3, 0.4) is 0 Å². The van der Waals surface area contributed by atoms with E-state index in [1.54, 1.807) is 30.7 Å². The van der Waals surface area contributed by atoms with E-state index in [0.717, 1.165) is 5.76 Å². The van der Waals surface area contributed by atoms with Gasteiger partial charge in [-0.1, -0.05) is 0 Å². The van der Waals surface area contributed by atoms with Crippen molar-refractivity contribution in [3.8, 4) is 0 Å². The molecule has 0 amide bonds. The molecule has 0 radical (unpaired) electrons. The number of pyridine rings is 1. The van der Waals surface area contributed by atoms with Crippen molar-refractivity contribution in [3.05, 3.63) is 48.0 Å². The maximum Gasteiger partial charge on any atom is 0.341 e. The highest BCUT2D eigenvalue weighted by Gasteiger charge is 2.12. The highest BCUT2D eigenvalue weighted by molar-refractivity contribution is 5.94. The molecule has 2 heterocycles. The second-order valence-corrected chi connectivity index (χ2v) is 3.32. The lowest BCUT2D eigenvalue weighted by Crippen LogP contribution is -2.09. The smallest absolute Gasteiger partial charge is 0.341 e. The molecule has 0 aromatic carbocycles. The summed E-state index contributed by atoms with van der Waals surface area (Å²) >= 11 is 0. The highest BCUT2D eigenvalue weighted by Crippen LogP contribution is 2.14. The van der Waals surface area contributed by atoms with E-state index in [4.69, 9.17) is 4.42 Å². The van der Waals surface area contributed by atoms with Crippen molar-refractivity contribution in [2.75, 3.05) is 12.4 Å². The van der Waals surface area contributed by atoms with Crippen LogP contribution in [0.15, 0.2) is 41.1 Å². The minimum Gasteiger partial charge on any atom is -0.467 e. The molecule has 0 unspecified atom stereocenters. The highest BCUT2D eigenvalue weighted by atomic mass is 16.5. The Morgan fingerprint density at radius 1 is 1.47 bits per heavy atom. The normalized spacial score (nSPS) is 9.94. The van der Waals surface area contributed by atoms with Crippen molar-refractivity contribution in [2.24, 2.45) is 0 Å². The molecule has 0 saturated heterocycles. The number of aromatic nitrogens is 1. The summed E-state index contributed by atoms with van der Waals surface area (Å²) in [7, 11) is 1.34. The van der Waals surface area contributed by atoms with Crippen LogP contribution in [-0.2, 0) is 11.3 Å². The third-order valence-corrected chi connectivity index (χ3v) is 2.22. The standard InChI is InChI=1S/C12H12N2O3/c1-16-12(15)10-5-2-6-13-11(10)14-8-9-4-3-7-17-9/h2-7H,8H2,1H3,(H,13,14). The Morgan fingerprint density at radius 3 is 3.06 bits per heavy atom.